The molecule has 1 aliphatic heterocycles. The minimum Gasteiger partial charge on any atom is -0.354 e. The minimum absolute atomic E-state index is 0.0894. The van der Waals surface area contributed by atoms with E-state index >= 15 is 0 Å². The molecule has 2 aromatic heterocycles. The van der Waals surface area contributed by atoms with E-state index in [1.807, 2.05) is 30.3 Å². The summed E-state index contributed by atoms with van der Waals surface area (Å²) in [6.07, 6.45) is 0.839. The first-order chi connectivity index (χ1) is 17.7. The molecule has 0 radical (unpaired) electrons. The minimum atomic E-state index is -4.19. The van der Waals surface area contributed by atoms with Crippen LogP contribution in [0.3, 0.4) is 0 Å². The molecular weight excluding hydrogens is 575 g/mol. The van der Waals surface area contributed by atoms with Gasteiger partial charge >= 0.3 is 0 Å². The number of sulfonamides is 1. The van der Waals surface area contributed by atoms with E-state index in [1.54, 1.807) is 16.3 Å². The lowest BCUT2D eigenvalue weighted by Gasteiger charge is -2.23. The Morgan fingerprint density at radius 1 is 1.22 bits per heavy atom. The van der Waals surface area contributed by atoms with E-state index in [0.717, 1.165) is 22.5 Å². The molecule has 1 unspecified atom stereocenters. The number of benzene rings is 1. The van der Waals surface area contributed by atoms with Gasteiger partial charge in [0.25, 0.3) is 10.0 Å². The van der Waals surface area contributed by atoms with Crippen molar-refractivity contribution < 1.29 is 18.0 Å². The zero-order chi connectivity index (χ0) is 26.6. The van der Waals surface area contributed by atoms with Crippen LogP contribution < -0.4 is 10.0 Å². The fraction of sp³-hybridized carbons (Fsp3) is 0.292. The highest BCUT2D eigenvalue weighted by Gasteiger charge is 2.43. The van der Waals surface area contributed by atoms with Crippen LogP contribution in [0.15, 0.2) is 52.1 Å². The van der Waals surface area contributed by atoms with Crippen molar-refractivity contribution in [1.29, 1.82) is 5.26 Å². The van der Waals surface area contributed by atoms with Gasteiger partial charge in [0, 0.05) is 19.6 Å². The number of nitriles is 1. The molecule has 0 spiro atoms. The van der Waals surface area contributed by atoms with E-state index in [4.69, 9.17) is 28.5 Å². The van der Waals surface area contributed by atoms with Crippen LogP contribution in [0.25, 0.3) is 0 Å². The van der Waals surface area contributed by atoms with Crippen molar-refractivity contribution in [2.24, 2.45) is 5.92 Å². The molecule has 194 valence electrons. The molecule has 0 aliphatic carbocycles. The van der Waals surface area contributed by atoms with Crippen molar-refractivity contribution in [2.45, 2.75) is 29.6 Å². The molecule has 1 saturated heterocycles. The third-order valence-corrected chi connectivity index (χ3v) is 10.6. The summed E-state index contributed by atoms with van der Waals surface area (Å²) < 4.78 is 28.7. The lowest BCUT2D eigenvalue weighted by atomic mass is 9.98. The molecule has 4 rings (SSSR count). The van der Waals surface area contributed by atoms with Gasteiger partial charge in [0.1, 0.15) is 25.5 Å². The molecule has 13 heteroatoms. The maximum absolute atomic E-state index is 13.3. The predicted molar refractivity (Wildman–Crippen MR) is 144 cm³/mol. The van der Waals surface area contributed by atoms with Crippen LogP contribution in [-0.2, 0) is 32.6 Å². The van der Waals surface area contributed by atoms with E-state index < -0.39 is 27.9 Å². The largest absolute Gasteiger partial charge is 0.354 e. The highest BCUT2D eigenvalue weighted by atomic mass is 35.5. The first-order valence-corrected chi connectivity index (χ1v) is 15.2. The van der Waals surface area contributed by atoms with E-state index in [-0.39, 0.29) is 32.6 Å². The summed E-state index contributed by atoms with van der Waals surface area (Å²) in [6.45, 7) is 0.903. The average Bonchev–Trinajstić information content (AvgIpc) is 3.58. The summed E-state index contributed by atoms with van der Waals surface area (Å²) in [4.78, 5) is 28.7. The quantitative estimate of drug-likeness (QED) is 0.366. The maximum Gasteiger partial charge on any atom is 0.250 e. The Hall–Kier alpha value is -2.46. The van der Waals surface area contributed by atoms with Crippen LogP contribution in [0.5, 0.6) is 0 Å². The van der Waals surface area contributed by atoms with E-state index in [0.29, 0.717) is 24.3 Å². The van der Waals surface area contributed by atoms with Gasteiger partial charge in [0.15, 0.2) is 0 Å². The normalized spacial score (nSPS) is 16.5. The van der Waals surface area contributed by atoms with Crippen LogP contribution in [0.1, 0.15) is 22.4 Å². The Morgan fingerprint density at radius 2 is 1.97 bits per heavy atom. The highest BCUT2D eigenvalue weighted by molar-refractivity contribution is 7.91. The number of hydrogen-bond donors (Lipinski definition) is 2. The number of nitrogens with one attached hydrogen (secondary N) is 2. The number of carbonyl (C=O) groups is 2. The number of nitrogens with zero attached hydrogens (tertiary/aromatic N) is 2. The summed E-state index contributed by atoms with van der Waals surface area (Å²) in [5.41, 5.74) is 1.82. The van der Waals surface area contributed by atoms with Gasteiger partial charge in [-0.3, -0.25) is 9.59 Å². The molecule has 0 bridgehead atoms. The first-order valence-electron chi connectivity index (χ1n) is 11.2. The SMILES string of the molecule is N#Cc1cc(CN2CC[C@@H](C(NS(=O)(=O)c3cc(Cl)c(Cl)s3)C(=O)NCCc3ccccc3)C2=O)cs1. The molecule has 2 atom stereocenters. The van der Waals surface area contributed by atoms with Crippen molar-refractivity contribution in [3.05, 3.63) is 73.2 Å². The van der Waals surface area contributed by atoms with Gasteiger partial charge in [0.05, 0.1) is 10.9 Å². The summed E-state index contributed by atoms with van der Waals surface area (Å²) in [7, 11) is -4.19. The summed E-state index contributed by atoms with van der Waals surface area (Å²) in [6, 6.07) is 13.2. The second kappa shape index (κ2) is 11.9. The van der Waals surface area contributed by atoms with E-state index in [2.05, 4.69) is 16.1 Å². The number of carbonyl (C=O) groups excluding carboxylic acids is 2. The van der Waals surface area contributed by atoms with E-state index in [9.17, 15) is 18.0 Å². The molecule has 2 amide bonds. The van der Waals surface area contributed by atoms with Crippen molar-refractivity contribution >= 4 is 67.7 Å². The Labute approximate surface area is 232 Å². The third kappa shape index (κ3) is 6.71. The number of thiophene rings is 2. The lowest BCUT2D eigenvalue weighted by molar-refractivity contribution is -0.135. The fourth-order valence-electron chi connectivity index (χ4n) is 4.05. The van der Waals surface area contributed by atoms with Crippen molar-refractivity contribution in [3.8, 4) is 6.07 Å². The predicted octanol–water partition coefficient (Wildman–Crippen LogP) is 4.04. The number of amides is 2. The molecule has 1 fully saturated rings. The molecule has 3 heterocycles. The molecule has 0 saturated carbocycles. The van der Waals surface area contributed by atoms with Crippen molar-refractivity contribution in [1.82, 2.24) is 14.9 Å². The van der Waals surface area contributed by atoms with Gasteiger partial charge in [-0.25, -0.2) is 8.42 Å². The average molecular weight is 598 g/mol. The lowest BCUT2D eigenvalue weighted by Crippen LogP contribution is -2.52. The van der Waals surface area contributed by atoms with E-state index in [1.165, 1.54) is 17.4 Å². The number of likely N-dealkylation sites (tertiary alicyclic amines) is 1. The number of hydrogen-bond acceptors (Lipinski definition) is 7. The van der Waals surface area contributed by atoms with Gasteiger partial charge in [0.2, 0.25) is 11.8 Å². The molecule has 8 nitrogen and oxygen atoms in total. The number of halogens is 2. The first kappa shape index (κ1) is 27.6. The van der Waals surface area contributed by atoms with Gasteiger partial charge in [-0.05, 0) is 41.5 Å². The van der Waals surface area contributed by atoms with Gasteiger partial charge in [-0.1, -0.05) is 53.5 Å². The van der Waals surface area contributed by atoms with Crippen molar-refractivity contribution in [2.75, 3.05) is 13.1 Å². The fourth-order valence-corrected chi connectivity index (χ4v) is 7.88. The van der Waals surface area contributed by atoms with Gasteiger partial charge < -0.3 is 10.2 Å². The maximum atomic E-state index is 13.3. The standard InChI is InChI=1S/C24H22Cl2N4O4S3/c25-19-11-20(36-22(19)26)37(33,34)29-21(23(31)28-8-6-15-4-2-1-3-5-15)18-7-9-30(24(18)32)13-16-10-17(12-27)35-14-16/h1-5,10-11,14,18,21,29H,6-9,13H2,(H,28,31)/t18-,21?/m0/s1. The second-order valence-corrected chi connectivity index (χ2v) is 13.3. The smallest absolute Gasteiger partial charge is 0.250 e. The summed E-state index contributed by atoms with van der Waals surface area (Å²) >= 11 is 14.0. The summed E-state index contributed by atoms with van der Waals surface area (Å²) in [5.74, 6) is -1.82. The summed E-state index contributed by atoms with van der Waals surface area (Å²) in [5, 5.41) is 13.7. The Bertz CT molecular complexity index is 1410. The van der Waals surface area contributed by atoms with Crippen molar-refractivity contribution in [3.63, 3.8) is 0 Å². The molecule has 37 heavy (non-hydrogen) atoms. The second-order valence-electron chi connectivity index (χ2n) is 8.40. The molecule has 1 aliphatic rings. The third-order valence-electron chi connectivity index (χ3n) is 5.89. The monoisotopic (exact) mass is 596 g/mol. The molecule has 1 aromatic carbocycles. The van der Waals surface area contributed by atoms with Gasteiger partial charge in [-0.15, -0.1) is 22.7 Å². The topological polar surface area (TPSA) is 119 Å². The van der Waals surface area contributed by atoms with Crippen LogP contribution in [0.4, 0.5) is 0 Å². The highest BCUT2D eigenvalue weighted by Crippen LogP contribution is 2.35. The molecule has 3 aromatic rings. The van der Waals surface area contributed by atoms with Crippen LogP contribution in [-0.4, -0.2) is 44.3 Å². The molecule has 2 N–H and O–H groups in total. The van der Waals surface area contributed by atoms with Crippen LogP contribution in [0, 0.1) is 17.2 Å². The Balaban J connectivity index is 1.51. The Kier molecular flexibility index (Phi) is 8.90. The van der Waals surface area contributed by atoms with Gasteiger partial charge in [-0.2, -0.15) is 9.98 Å². The van der Waals surface area contributed by atoms with Crippen LogP contribution in [0.2, 0.25) is 9.36 Å². The van der Waals surface area contributed by atoms with Crippen LogP contribution >= 0.6 is 45.9 Å². The Morgan fingerprint density at radius 3 is 2.62 bits per heavy atom. The zero-order valence-electron chi connectivity index (χ0n) is 19.3. The zero-order valence-corrected chi connectivity index (χ0v) is 23.3. The molecular formula is C24H22Cl2N4O4S3. The number of rotatable bonds is 10.